The van der Waals surface area contributed by atoms with E-state index >= 15 is 0 Å². The Labute approximate surface area is 159 Å². The third-order valence-electron chi connectivity index (χ3n) is 3.80. The second-order valence-corrected chi connectivity index (χ2v) is 6.58. The highest BCUT2D eigenvalue weighted by Crippen LogP contribution is 2.22. The number of nitrogens with one attached hydrogen (secondary N) is 1. The number of methoxy groups -OCH3 is 1. The molecule has 0 spiro atoms. The molecular weight excluding hydrogens is 369 g/mol. The Balaban J connectivity index is 2.00. The Morgan fingerprint density at radius 3 is 2.74 bits per heavy atom. The molecule has 8 heteroatoms. The van der Waals surface area contributed by atoms with Crippen molar-refractivity contribution < 1.29 is 13.9 Å². The molecule has 0 aliphatic rings. The standard InChI is InChI=1S/C19H18FN3O3S/c1-26-11-10-21-17(24)12-27-19-22-15-8-4-2-6-13(15)18(25)23(19)16-9-5-3-7-14(16)20/h2-9H,10-12H2,1H3,(H,21,24). The topological polar surface area (TPSA) is 73.2 Å². The first kappa shape index (κ1) is 19.1. The van der Waals surface area contributed by atoms with E-state index in [1.807, 2.05) is 0 Å². The van der Waals surface area contributed by atoms with Crippen LogP contribution >= 0.6 is 11.8 Å². The van der Waals surface area contributed by atoms with Gasteiger partial charge in [-0.05, 0) is 24.3 Å². The number of aromatic nitrogens is 2. The van der Waals surface area contributed by atoms with Crippen LogP contribution in [0.3, 0.4) is 0 Å². The minimum absolute atomic E-state index is 0.0446. The molecule has 2 aromatic carbocycles. The number of benzene rings is 2. The van der Waals surface area contributed by atoms with Gasteiger partial charge >= 0.3 is 0 Å². The summed E-state index contributed by atoms with van der Waals surface area (Å²) in [6, 6.07) is 12.8. The third-order valence-corrected chi connectivity index (χ3v) is 4.74. The number of para-hydroxylation sites is 2. The van der Waals surface area contributed by atoms with E-state index in [1.54, 1.807) is 43.5 Å². The van der Waals surface area contributed by atoms with E-state index < -0.39 is 5.82 Å². The summed E-state index contributed by atoms with van der Waals surface area (Å²) in [5, 5.41) is 3.34. The minimum atomic E-state index is -0.539. The number of hydrogen-bond donors (Lipinski definition) is 1. The van der Waals surface area contributed by atoms with Gasteiger partial charge in [0.15, 0.2) is 5.16 Å². The normalized spacial score (nSPS) is 10.9. The zero-order valence-electron chi connectivity index (χ0n) is 14.6. The van der Waals surface area contributed by atoms with E-state index in [0.717, 1.165) is 11.8 Å². The number of nitrogens with zero attached hydrogens (tertiary/aromatic N) is 2. The number of carbonyl (C=O) groups is 1. The SMILES string of the molecule is COCCNC(=O)CSc1nc2ccccc2c(=O)n1-c1ccccc1F. The molecule has 0 aliphatic carbocycles. The van der Waals surface area contributed by atoms with E-state index in [4.69, 9.17) is 4.74 Å². The summed E-state index contributed by atoms with van der Waals surface area (Å²) in [5.74, 6) is -0.717. The molecule has 6 nitrogen and oxygen atoms in total. The second kappa shape index (κ2) is 8.79. The Kier molecular flexibility index (Phi) is 6.20. The van der Waals surface area contributed by atoms with Crippen molar-refractivity contribution in [2.45, 2.75) is 5.16 Å². The predicted octanol–water partition coefficient (Wildman–Crippen LogP) is 2.38. The fourth-order valence-corrected chi connectivity index (χ4v) is 3.36. The molecule has 1 N–H and O–H groups in total. The third kappa shape index (κ3) is 4.35. The molecule has 0 radical (unpaired) electrons. The minimum Gasteiger partial charge on any atom is -0.383 e. The van der Waals surface area contributed by atoms with Gasteiger partial charge in [0.1, 0.15) is 5.82 Å². The van der Waals surface area contributed by atoms with Gasteiger partial charge in [-0.3, -0.25) is 14.2 Å². The van der Waals surface area contributed by atoms with Crippen LogP contribution in [0.1, 0.15) is 0 Å². The Hall–Kier alpha value is -2.71. The van der Waals surface area contributed by atoms with Gasteiger partial charge in [0.25, 0.3) is 5.56 Å². The van der Waals surface area contributed by atoms with Crippen molar-refractivity contribution in [2.75, 3.05) is 26.0 Å². The zero-order chi connectivity index (χ0) is 19.2. The van der Waals surface area contributed by atoms with Crippen molar-refractivity contribution >= 4 is 28.6 Å². The molecule has 1 heterocycles. The summed E-state index contributed by atoms with van der Waals surface area (Å²) in [5.41, 5.74) is 0.216. The van der Waals surface area contributed by atoms with E-state index in [0.29, 0.717) is 24.1 Å². The van der Waals surface area contributed by atoms with Gasteiger partial charge < -0.3 is 10.1 Å². The highest BCUT2D eigenvalue weighted by atomic mass is 32.2. The molecule has 3 aromatic rings. The highest BCUT2D eigenvalue weighted by molar-refractivity contribution is 7.99. The quantitative estimate of drug-likeness (QED) is 0.383. The van der Waals surface area contributed by atoms with Crippen LogP contribution in [0.2, 0.25) is 0 Å². The first-order valence-electron chi connectivity index (χ1n) is 8.27. The Morgan fingerprint density at radius 2 is 1.96 bits per heavy atom. The van der Waals surface area contributed by atoms with Gasteiger partial charge in [0, 0.05) is 13.7 Å². The average molecular weight is 387 g/mol. The summed E-state index contributed by atoms with van der Waals surface area (Å²) < 4.78 is 20.5. The Bertz CT molecular complexity index is 1020. The van der Waals surface area contributed by atoms with Crippen LogP contribution in [0.25, 0.3) is 16.6 Å². The Morgan fingerprint density at radius 1 is 1.22 bits per heavy atom. The van der Waals surface area contributed by atoms with Crippen LogP contribution in [-0.4, -0.2) is 41.5 Å². The monoisotopic (exact) mass is 387 g/mol. The van der Waals surface area contributed by atoms with Crippen molar-refractivity contribution in [1.82, 2.24) is 14.9 Å². The van der Waals surface area contributed by atoms with E-state index in [-0.39, 0.29) is 28.1 Å². The van der Waals surface area contributed by atoms with Crippen molar-refractivity contribution in [3.8, 4) is 5.69 Å². The number of rotatable bonds is 7. The first-order chi connectivity index (χ1) is 13.1. The van der Waals surface area contributed by atoms with Gasteiger partial charge in [-0.2, -0.15) is 0 Å². The second-order valence-electron chi connectivity index (χ2n) is 5.63. The van der Waals surface area contributed by atoms with E-state index in [9.17, 15) is 14.0 Å². The van der Waals surface area contributed by atoms with Crippen LogP contribution < -0.4 is 10.9 Å². The summed E-state index contributed by atoms with van der Waals surface area (Å²) in [6.07, 6.45) is 0. The molecule has 0 atom stereocenters. The van der Waals surface area contributed by atoms with Crippen molar-refractivity contribution in [3.05, 3.63) is 64.7 Å². The fourth-order valence-electron chi connectivity index (χ4n) is 2.53. The smallest absolute Gasteiger partial charge is 0.266 e. The average Bonchev–Trinajstić information content (AvgIpc) is 2.68. The maximum Gasteiger partial charge on any atom is 0.266 e. The van der Waals surface area contributed by atoms with Gasteiger partial charge in [0.2, 0.25) is 5.91 Å². The van der Waals surface area contributed by atoms with Crippen LogP contribution in [0.15, 0.2) is 58.5 Å². The lowest BCUT2D eigenvalue weighted by Gasteiger charge is -2.13. The van der Waals surface area contributed by atoms with Gasteiger partial charge in [-0.25, -0.2) is 9.37 Å². The lowest BCUT2D eigenvalue weighted by Crippen LogP contribution is -2.29. The maximum atomic E-state index is 14.3. The summed E-state index contributed by atoms with van der Waals surface area (Å²) >= 11 is 1.08. The van der Waals surface area contributed by atoms with Gasteiger partial charge in [-0.15, -0.1) is 0 Å². The molecule has 0 saturated heterocycles. The number of amides is 1. The predicted molar refractivity (Wildman–Crippen MR) is 103 cm³/mol. The van der Waals surface area contributed by atoms with E-state index in [2.05, 4.69) is 10.3 Å². The van der Waals surface area contributed by atoms with Crippen LogP contribution in [0.5, 0.6) is 0 Å². The molecule has 0 bridgehead atoms. The molecule has 0 unspecified atom stereocenters. The van der Waals surface area contributed by atoms with E-state index in [1.165, 1.54) is 16.7 Å². The molecule has 3 rings (SSSR count). The lowest BCUT2D eigenvalue weighted by molar-refractivity contribution is -0.118. The van der Waals surface area contributed by atoms with Crippen molar-refractivity contribution in [2.24, 2.45) is 0 Å². The van der Waals surface area contributed by atoms with Gasteiger partial charge in [-0.1, -0.05) is 36.0 Å². The molecule has 1 aromatic heterocycles. The molecule has 140 valence electrons. The molecule has 0 fully saturated rings. The number of ether oxygens (including phenoxy) is 1. The van der Waals surface area contributed by atoms with Crippen molar-refractivity contribution in [1.29, 1.82) is 0 Å². The molecule has 27 heavy (non-hydrogen) atoms. The molecule has 0 aliphatic heterocycles. The number of carbonyl (C=O) groups excluding carboxylic acids is 1. The van der Waals surface area contributed by atoms with Gasteiger partial charge in [0.05, 0.1) is 29.0 Å². The zero-order valence-corrected chi connectivity index (χ0v) is 15.5. The number of fused-ring (bicyclic) bond motifs is 1. The van der Waals surface area contributed by atoms with Crippen LogP contribution in [0.4, 0.5) is 4.39 Å². The highest BCUT2D eigenvalue weighted by Gasteiger charge is 2.16. The fraction of sp³-hybridized carbons (Fsp3) is 0.211. The number of thioether (sulfide) groups is 1. The summed E-state index contributed by atoms with van der Waals surface area (Å²) in [7, 11) is 1.55. The maximum absolute atomic E-state index is 14.3. The molecular formula is C19H18FN3O3S. The lowest BCUT2D eigenvalue weighted by atomic mass is 10.2. The molecule has 1 amide bonds. The van der Waals surface area contributed by atoms with Crippen LogP contribution in [0, 0.1) is 5.82 Å². The van der Waals surface area contributed by atoms with Crippen LogP contribution in [-0.2, 0) is 9.53 Å². The number of halogens is 1. The van der Waals surface area contributed by atoms with Crippen molar-refractivity contribution in [3.63, 3.8) is 0 Å². The molecule has 0 saturated carbocycles. The largest absolute Gasteiger partial charge is 0.383 e. The number of hydrogen-bond acceptors (Lipinski definition) is 5. The first-order valence-corrected chi connectivity index (χ1v) is 9.25. The summed E-state index contributed by atoms with van der Waals surface area (Å²) in [6.45, 7) is 0.797. The summed E-state index contributed by atoms with van der Waals surface area (Å²) in [4.78, 5) is 29.4.